The van der Waals surface area contributed by atoms with Crippen LogP contribution in [0.4, 0.5) is 5.69 Å². The van der Waals surface area contributed by atoms with Crippen LogP contribution in [0.15, 0.2) is 53.4 Å². The first-order valence-electron chi connectivity index (χ1n) is 6.86. The third kappa shape index (κ3) is 2.25. The molecule has 0 radical (unpaired) electrons. The molecule has 22 heavy (non-hydrogen) atoms. The smallest absolute Gasteiger partial charge is 0.335 e. The van der Waals surface area contributed by atoms with E-state index >= 15 is 0 Å². The Morgan fingerprint density at radius 2 is 1.77 bits per heavy atom. The van der Waals surface area contributed by atoms with Crippen molar-refractivity contribution in [3.63, 3.8) is 0 Å². The number of carboxylic acids is 1. The van der Waals surface area contributed by atoms with Crippen molar-refractivity contribution in [3.8, 4) is 0 Å². The van der Waals surface area contributed by atoms with E-state index in [0.717, 1.165) is 5.56 Å². The van der Waals surface area contributed by atoms with Crippen molar-refractivity contribution in [2.75, 3.05) is 10.8 Å². The SMILES string of the molecule is CC1CN(S(=O)(=O)c2ccc(C(=O)O)cc2)c2ccccc21. The molecule has 0 saturated heterocycles. The van der Waals surface area contributed by atoms with Crippen LogP contribution in [-0.2, 0) is 10.0 Å². The lowest BCUT2D eigenvalue weighted by molar-refractivity contribution is 0.0696. The van der Waals surface area contributed by atoms with Crippen molar-refractivity contribution in [2.45, 2.75) is 17.7 Å². The van der Waals surface area contributed by atoms with Gasteiger partial charge >= 0.3 is 5.97 Å². The second-order valence-electron chi connectivity index (χ2n) is 5.33. The van der Waals surface area contributed by atoms with Gasteiger partial charge in [0.05, 0.1) is 16.1 Å². The minimum Gasteiger partial charge on any atom is -0.478 e. The van der Waals surface area contributed by atoms with Crippen LogP contribution in [0.3, 0.4) is 0 Å². The molecule has 1 atom stereocenters. The van der Waals surface area contributed by atoms with Crippen molar-refractivity contribution in [1.29, 1.82) is 0 Å². The van der Waals surface area contributed by atoms with Gasteiger partial charge in [0.1, 0.15) is 0 Å². The molecule has 2 aromatic carbocycles. The van der Waals surface area contributed by atoms with Gasteiger partial charge in [-0.1, -0.05) is 25.1 Å². The van der Waals surface area contributed by atoms with Crippen LogP contribution in [0.25, 0.3) is 0 Å². The van der Waals surface area contributed by atoms with Gasteiger partial charge in [0.2, 0.25) is 0 Å². The van der Waals surface area contributed by atoms with E-state index in [0.29, 0.717) is 12.2 Å². The maximum atomic E-state index is 12.8. The molecule has 1 aliphatic heterocycles. The Hall–Kier alpha value is -2.34. The molecule has 0 bridgehead atoms. The van der Waals surface area contributed by atoms with Gasteiger partial charge in [-0.2, -0.15) is 0 Å². The molecule has 1 heterocycles. The second kappa shape index (κ2) is 5.14. The summed E-state index contributed by atoms with van der Waals surface area (Å²) in [6.07, 6.45) is 0. The fourth-order valence-corrected chi connectivity index (χ4v) is 4.28. The fourth-order valence-electron chi connectivity index (χ4n) is 2.70. The molecule has 0 aromatic heterocycles. The molecule has 0 spiro atoms. The molecule has 114 valence electrons. The summed E-state index contributed by atoms with van der Waals surface area (Å²) in [5.41, 5.74) is 1.76. The predicted octanol–water partition coefficient (Wildman–Crippen LogP) is 2.70. The molecule has 0 fully saturated rings. The zero-order valence-corrected chi connectivity index (χ0v) is 12.7. The maximum Gasteiger partial charge on any atom is 0.335 e. The van der Waals surface area contributed by atoms with Crippen LogP contribution in [0, 0.1) is 0 Å². The number of carboxylic acid groups (broad SMARTS) is 1. The predicted molar refractivity (Wildman–Crippen MR) is 82.8 cm³/mol. The highest BCUT2D eigenvalue weighted by Crippen LogP contribution is 2.39. The van der Waals surface area contributed by atoms with E-state index in [1.807, 2.05) is 25.1 Å². The Bertz CT molecular complexity index is 827. The summed E-state index contributed by atoms with van der Waals surface area (Å²) in [5, 5.41) is 8.90. The number of sulfonamides is 1. The number of benzene rings is 2. The van der Waals surface area contributed by atoms with Crippen LogP contribution < -0.4 is 4.31 Å². The Kier molecular flexibility index (Phi) is 3.41. The lowest BCUT2D eigenvalue weighted by atomic mass is 10.0. The summed E-state index contributed by atoms with van der Waals surface area (Å²) in [5.74, 6) is -0.951. The number of rotatable bonds is 3. The number of hydrogen-bond donors (Lipinski definition) is 1. The third-order valence-corrected chi connectivity index (χ3v) is 5.66. The van der Waals surface area contributed by atoms with E-state index in [9.17, 15) is 13.2 Å². The zero-order valence-electron chi connectivity index (χ0n) is 11.9. The molecule has 0 amide bonds. The lowest BCUT2D eigenvalue weighted by Gasteiger charge is -2.19. The Morgan fingerprint density at radius 1 is 1.14 bits per heavy atom. The van der Waals surface area contributed by atoms with E-state index in [-0.39, 0.29) is 16.4 Å². The first-order chi connectivity index (χ1) is 10.4. The average molecular weight is 317 g/mol. The number of para-hydroxylation sites is 1. The highest BCUT2D eigenvalue weighted by atomic mass is 32.2. The zero-order chi connectivity index (χ0) is 15.9. The standard InChI is InChI=1S/C16H15NO4S/c1-11-10-17(15-5-3-2-4-14(11)15)22(20,21)13-8-6-12(7-9-13)16(18)19/h2-9,11H,10H2,1H3,(H,18,19). The topological polar surface area (TPSA) is 74.7 Å². The van der Waals surface area contributed by atoms with Crippen LogP contribution in [0.1, 0.15) is 28.8 Å². The minimum absolute atomic E-state index is 0.0640. The molecule has 5 nitrogen and oxygen atoms in total. The maximum absolute atomic E-state index is 12.8. The largest absolute Gasteiger partial charge is 0.478 e. The molecular formula is C16H15NO4S. The molecule has 2 aromatic rings. The summed E-state index contributed by atoms with van der Waals surface area (Å²) in [6, 6.07) is 12.7. The molecule has 1 N–H and O–H groups in total. The molecule has 0 saturated carbocycles. The van der Waals surface area contributed by atoms with Gasteiger partial charge in [0, 0.05) is 12.5 Å². The monoisotopic (exact) mass is 317 g/mol. The van der Waals surface area contributed by atoms with Crippen molar-refractivity contribution < 1.29 is 18.3 Å². The van der Waals surface area contributed by atoms with Crippen LogP contribution in [0.5, 0.6) is 0 Å². The molecule has 1 unspecified atom stereocenters. The van der Waals surface area contributed by atoms with Crippen molar-refractivity contribution in [1.82, 2.24) is 0 Å². The summed E-state index contributed by atoms with van der Waals surface area (Å²) in [4.78, 5) is 11.0. The van der Waals surface area contributed by atoms with Crippen LogP contribution in [-0.4, -0.2) is 26.0 Å². The van der Waals surface area contributed by atoms with Crippen molar-refractivity contribution >= 4 is 21.7 Å². The molecule has 1 aliphatic rings. The normalized spacial score (nSPS) is 17.3. The number of aromatic carboxylic acids is 1. The first kappa shape index (κ1) is 14.6. The van der Waals surface area contributed by atoms with E-state index in [1.54, 1.807) is 6.07 Å². The second-order valence-corrected chi connectivity index (χ2v) is 7.19. The quantitative estimate of drug-likeness (QED) is 0.944. The number of carbonyl (C=O) groups is 1. The van der Waals surface area contributed by atoms with Gasteiger partial charge in [0.15, 0.2) is 0 Å². The third-order valence-electron chi connectivity index (χ3n) is 3.87. The highest BCUT2D eigenvalue weighted by Gasteiger charge is 2.34. The van der Waals surface area contributed by atoms with E-state index in [4.69, 9.17) is 5.11 Å². The highest BCUT2D eigenvalue weighted by molar-refractivity contribution is 7.92. The number of nitrogens with zero attached hydrogens (tertiary/aromatic N) is 1. The van der Waals surface area contributed by atoms with Crippen molar-refractivity contribution in [2.24, 2.45) is 0 Å². The van der Waals surface area contributed by atoms with Crippen molar-refractivity contribution in [3.05, 3.63) is 59.7 Å². The minimum atomic E-state index is -3.69. The van der Waals surface area contributed by atoms with Gasteiger partial charge in [-0.15, -0.1) is 0 Å². The van der Waals surface area contributed by atoms with Crippen LogP contribution >= 0.6 is 0 Å². The summed E-state index contributed by atoms with van der Waals surface area (Å²) < 4.78 is 27.0. The van der Waals surface area contributed by atoms with Gasteiger partial charge in [0.25, 0.3) is 10.0 Å². The first-order valence-corrected chi connectivity index (χ1v) is 8.30. The fraction of sp³-hybridized carbons (Fsp3) is 0.188. The van der Waals surface area contributed by atoms with Gasteiger partial charge in [-0.3, -0.25) is 4.31 Å². The van der Waals surface area contributed by atoms with Crippen LogP contribution in [0.2, 0.25) is 0 Å². The van der Waals surface area contributed by atoms with E-state index in [1.165, 1.54) is 28.6 Å². The number of anilines is 1. The summed E-state index contributed by atoms with van der Waals surface area (Å²) in [7, 11) is -3.69. The Labute approximate surface area is 128 Å². The average Bonchev–Trinajstić information content (AvgIpc) is 2.86. The van der Waals surface area contributed by atoms with Gasteiger partial charge < -0.3 is 5.11 Å². The molecule has 3 rings (SSSR count). The van der Waals surface area contributed by atoms with Gasteiger partial charge in [-0.25, -0.2) is 13.2 Å². The lowest BCUT2D eigenvalue weighted by Crippen LogP contribution is -2.29. The molecular weight excluding hydrogens is 302 g/mol. The van der Waals surface area contributed by atoms with E-state index in [2.05, 4.69) is 0 Å². The summed E-state index contributed by atoms with van der Waals surface area (Å²) >= 11 is 0. The Morgan fingerprint density at radius 3 is 2.41 bits per heavy atom. The number of fused-ring (bicyclic) bond motifs is 1. The summed E-state index contributed by atoms with van der Waals surface area (Å²) in [6.45, 7) is 2.38. The molecule has 6 heteroatoms. The number of hydrogen-bond acceptors (Lipinski definition) is 3. The van der Waals surface area contributed by atoms with Gasteiger partial charge in [-0.05, 0) is 35.9 Å². The molecule has 0 aliphatic carbocycles. The Balaban J connectivity index is 2.02. The van der Waals surface area contributed by atoms with E-state index < -0.39 is 16.0 Å².